The Morgan fingerprint density at radius 3 is 2.73 bits per heavy atom. The number of aliphatic hydroxyl groups is 1. The quantitative estimate of drug-likeness (QED) is 0.801. The Labute approximate surface area is 90.3 Å². The molecule has 1 heterocycles. The van der Waals surface area contributed by atoms with Gasteiger partial charge in [-0.15, -0.1) is 0 Å². The number of ether oxygens (including phenoxy) is 1. The van der Waals surface area contributed by atoms with E-state index in [1.54, 1.807) is 6.07 Å². The third kappa shape index (κ3) is 4.25. The van der Waals surface area contributed by atoms with Crippen LogP contribution in [0.1, 0.15) is 32.9 Å². The van der Waals surface area contributed by atoms with Gasteiger partial charge in [-0.3, -0.25) is 0 Å². The lowest BCUT2D eigenvalue weighted by Gasteiger charge is -2.10. The van der Waals surface area contributed by atoms with Crippen LogP contribution in [-0.2, 0) is 6.42 Å². The summed E-state index contributed by atoms with van der Waals surface area (Å²) in [4.78, 5) is 8.08. The van der Waals surface area contributed by atoms with Crippen LogP contribution in [0, 0.1) is 0 Å². The number of rotatable bonds is 5. The molecule has 0 amide bonds. The highest BCUT2D eigenvalue weighted by Crippen LogP contribution is 2.11. The van der Waals surface area contributed by atoms with E-state index in [-0.39, 0.29) is 12.2 Å². The standard InChI is InChI=1S/C11H18N2O2/c1-4-10(14)5-9-6-11(13-7-12-9)15-8(2)3/h6-8,10,14H,4-5H2,1-3H3. The van der Waals surface area contributed by atoms with Gasteiger partial charge in [-0.25, -0.2) is 9.97 Å². The van der Waals surface area contributed by atoms with Crippen LogP contribution in [0.4, 0.5) is 0 Å². The van der Waals surface area contributed by atoms with Crippen molar-refractivity contribution in [2.45, 2.75) is 45.8 Å². The molecular weight excluding hydrogens is 192 g/mol. The van der Waals surface area contributed by atoms with Gasteiger partial charge in [0.15, 0.2) is 0 Å². The van der Waals surface area contributed by atoms with E-state index >= 15 is 0 Å². The van der Waals surface area contributed by atoms with Crippen LogP contribution in [0.5, 0.6) is 5.88 Å². The topological polar surface area (TPSA) is 55.2 Å². The van der Waals surface area contributed by atoms with Crippen molar-refractivity contribution in [3.8, 4) is 5.88 Å². The van der Waals surface area contributed by atoms with Crippen LogP contribution in [0.3, 0.4) is 0 Å². The van der Waals surface area contributed by atoms with Crippen LogP contribution < -0.4 is 4.74 Å². The molecule has 0 saturated carbocycles. The molecule has 4 heteroatoms. The molecule has 1 aromatic heterocycles. The second-order valence-corrected chi connectivity index (χ2v) is 3.78. The molecule has 1 aromatic rings. The fourth-order valence-corrected chi connectivity index (χ4v) is 1.18. The zero-order valence-electron chi connectivity index (χ0n) is 9.47. The maximum Gasteiger partial charge on any atom is 0.216 e. The van der Waals surface area contributed by atoms with Gasteiger partial charge in [0, 0.05) is 12.5 Å². The smallest absolute Gasteiger partial charge is 0.216 e. The van der Waals surface area contributed by atoms with E-state index in [2.05, 4.69) is 9.97 Å². The summed E-state index contributed by atoms with van der Waals surface area (Å²) < 4.78 is 5.44. The first kappa shape index (κ1) is 11.9. The summed E-state index contributed by atoms with van der Waals surface area (Å²) in [6.45, 7) is 5.84. The normalized spacial score (nSPS) is 12.9. The van der Waals surface area contributed by atoms with Crippen molar-refractivity contribution in [1.82, 2.24) is 9.97 Å². The second-order valence-electron chi connectivity index (χ2n) is 3.78. The monoisotopic (exact) mass is 210 g/mol. The highest BCUT2D eigenvalue weighted by Gasteiger charge is 2.06. The Balaban J connectivity index is 2.65. The molecule has 84 valence electrons. The molecule has 0 bridgehead atoms. The van der Waals surface area contributed by atoms with Crippen LogP contribution in [0.15, 0.2) is 12.4 Å². The third-order valence-electron chi connectivity index (χ3n) is 1.97. The van der Waals surface area contributed by atoms with Gasteiger partial charge in [0.05, 0.1) is 17.9 Å². The van der Waals surface area contributed by atoms with Gasteiger partial charge < -0.3 is 9.84 Å². The van der Waals surface area contributed by atoms with E-state index in [1.807, 2.05) is 20.8 Å². The maximum absolute atomic E-state index is 9.48. The van der Waals surface area contributed by atoms with Crippen LogP contribution >= 0.6 is 0 Å². The van der Waals surface area contributed by atoms with Crippen molar-refractivity contribution in [3.05, 3.63) is 18.1 Å². The predicted octanol–water partition coefficient (Wildman–Crippen LogP) is 1.58. The summed E-state index contributed by atoms with van der Waals surface area (Å²) in [7, 11) is 0. The Morgan fingerprint density at radius 1 is 1.40 bits per heavy atom. The average Bonchev–Trinajstić information content (AvgIpc) is 2.17. The molecule has 1 N–H and O–H groups in total. The van der Waals surface area contributed by atoms with E-state index < -0.39 is 0 Å². The van der Waals surface area contributed by atoms with E-state index in [0.29, 0.717) is 12.3 Å². The zero-order valence-corrected chi connectivity index (χ0v) is 9.47. The van der Waals surface area contributed by atoms with E-state index in [4.69, 9.17) is 4.74 Å². The largest absolute Gasteiger partial charge is 0.475 e. The minimum absolute atomic E-state index is 0.101. The van der Waals surface area contributed by atoms with Crippen molar-refractivity contribution in [2.75, 3.05) is 0 Å². The number of aliphatic hydroxyl groups excluding tert-OH is 1. The van der Waals surface area contributed by atoms with Gasteiger partial charge in [0.2, 0.25) is 5.88 Å². The molecule has 1 rings (SSSR count). The third-order valence-corrected chi connectivity index (χ3v) is 1.97. The Morgan fingerprint density at radius 2 is 2.13 bits per heavy atom. The van der Waals surface area contributed by atoms with Gasteiger partial charge in [-0.05, 0) is 20.3 Å². The number of nitrogens with zero attached hydrogens (tertiary/aromatic N) is 2. The first-order valence-corrected chi connectivity index (χ1v) is 5.27. The molecule has 4 nitrogen and oxygen atoms in total. The molecule has 0 aliphatic carbocycles. The summed E-state index contributed by atoms with van der Waals surface area (Å²) >= 11 is 0. The fourth-order valence-electron chi connectivity index (χ4n) is 1.18. The molecule has 0 saturated heterocycles. The number of aromatic nitrogens is 2. The van der Waals surface area contributed by atoms with E-state index in [1.165, 1.54) is 6.33 Å². The highest BCUT2D eigenvalue weighted by atomic mass is 16.5. The lowest BCUT2D eigenvalue weighted by Crippen LogP contribution is -2.11. The minimum atomic E-state index is -0.341. The van der Waals surface area contributed by atoms with Crippen molar-refractivity contribution in [2.24, 2.45) is 0 Å². The molecule has 0 aliphatic rings. The van der Waals surface area contributed by atoms with Crippen LogP contribution in [-0.4, -0.2) is 27.3 Å². The lowest BCUT2D eigenvalue weighted by atomic mass is 10.1. The van der Waals surface area contributed by atoms with Gasteiger partial charge >= 0.3 is 0 Å². The summed E-state index contributed by atoms with van der Waals surface area (Å²) in [6.07, 6.45) is 2.50. The highest BCUT2D eigenvalue weighted by molar-refractivity contribution is 5.14. The van der Waals surface area contributed by atoms with Gasteiger partial charge in [-0.1, -0.05) is 6.92 Å². The molecule has 15 heavy (non-hydrogen) atoms. The van der Waals surface area contributed by atoms with Crippen molar-refractivity contribution < 1.29 is 9.84 Å². The molecule has 0 radical (unpaired) electrons. The van der Waals surface area contributed by atoms with Crippen molar-refractivity contribution >= 4 is 0 Å². The first-order valence-electron chi connectivity index (χ1n) is 5.27. The molecule has 1 atom stereocenters. The van der Waals surface area contributed by atoms with Gasteiger partial charge in [-0.2, -0.15) is 0 Å². The molecule has 0 aliphatic heterocycles. The number of hydrogen-bond donors (Lipinski definition) is 1. The van der Waals surface area contributed by atoms with Gasteiger partial charge in [0.25, 0.3) is 0 Å². The molecule has 0 fully saturated rings. The lowest BCUT2D eigenvalue weighted by molar-refractivity contribution is 0.169. The number of hydrogen-bond acceptors (Lipinski definition) is 4. The maximum atomic E-state index is 9.48. The molecule has 0 spiro atoms. The second kappa shape index (κ2) is 5.66. The fraction of sp³-hybridized carbons (Fsp3) is 0.636. The minimum Gasteiger partial charge on any atom is -0.475 e. The van der Waals surface area contributed by atoms with Crippen molar-refractivity contribution in [1.29, 1.82) is 0 Å². The van der Waals surface area contributed by atoms with Crippen molar-refractivity contribution in [3.63, 3.8) is 0 Å². The SMILES string of the molecule is CCC(O)Cc1cc(OC(C)C)ncn1. The zero-order chi connectivity index (χ0) is 11.3. The van der Waals surface area contributed by atoms with Crippen LogP contribution in [0.2, 0.25) is 0 Å². The Bertz CT molecular complexity index is 302. The molecule has 0 aromatic carbocycles. The average molecular weight is 210 g/mol. The van der Waals surface area contributed by atoms with Gasteiger partial charge in [0.1, 0.15) is 6.33 Å². The molecule has 1 unspecified atom stereocenters. The predicted molar refractivity (Wildman–Crippen MR) is 57.8 cm³/mol. The van der Waals surface area contributed by atoms with Crippen LogP contribution in [0.25, 0.3) is 0 Å². The summed E-state index contributed by atoms with van der Waals surface area (Å²) in [5.41, 5.74) is 0.815. The van der Waals surface area contributed by atoms with E-state index in [9.17, 15) is 5.11 Å². The summed E-state index contributed by atoms with van der Waals surface area (Å²) in [5, 5.41) is 9.48. The Hall–Kier alpha value is -1.16. The molecular formula is C11H18N2O2. The summed E-state index contributed by atoms with van der Waals surface area (Å²) in [6, 6.07) is 1.78. The first-order chi connectivity index (χ1) is 7.11. The summed E-state index contributed by atoms with van der Waals surface area (Å²) in [5.74, 6) is 0.568. The Kier molecular flexibility index (Phi) is 4.49. The van der Waals surface area contributed by atoms with E-state index in [0.717, 1.165) is 12.1 Å².